The van der Waals surface area contributed by atoms with Crippen molar-refractivity contribution < 1.29 is 14.3 Å². The Morgan fingerprint density at radius 3 is 2.69 bits per heavy atom. The van der Waals surface area contributed by atoms with Crippen LogP contribution in [0.5, 0.6) is 5.75 Å². The summed E-state index contributed by atoms with van der Waals surface area (Å²) in [5.74, 6) is 0.213. The number of rotatable bonds is 7. The summed E-state index contributed by atoms with van der Waals surface area (Å²) in [6.07, 6.45) is 0. The number of amides is 1. The average Bonchev–Trinajstić information content (AvgIpc) is 2.63. The quantitative estimate of drug-likeness (QED) is 0.516. The molecule has 0 bridgehead atoms. The Hall–Kier alpha value is -1.86. The number of thiocarbonyl (C=S) groups is 1. The van der Waals surface area contributed by atoms with Crippen molar-refractivity contribution in [3.05, 3.63) is 58.1 Å². The number of carbonyl (C=O) groups is 1. The molecule has 2 rings (SSSR count). The van der Waals surface area contributed by atoms with E-state index in [4.69, 9.17) is 44.9 Å². The van der Waals surface area contributed by atoms with Crippen molar-refractivity contribution in [3.63, 3.8) is 0 Å². The Morgan fingerprint density at radius 1 is 1.15 bits per heavy atom. The van der Waals surface area contributed by atoms with Crippen LogP contribution in [0.15, 0.2) is 42.5 Å². The van der Waals surface area contributed by atoms with E-state index < -0.39 is 0 Å². The van der Waals surface area contributed by atoms with E-state index in [0.29, 0.717) is 46.9 Å². The van der Waals surface area contributed by atoms with Gasteiger partial charge in [0.1, 0.15) is 12.4 Å². The lowest BCUT2D eigenvalue weighted by molar-refractivity contribution is 0.0976. The minimum absolute atomic E-state index is 0.113. The smallest absolute Gasteiger partial charge is 0.257 e. The van der Waals surface area contributed by atoms with E-state index in [0.717, 1.165) is 0 Å². The maximum atomic E-state index is 12.3. The molecule has 0 fully saturated rings. The summed E-state index contributed by atoms with van der Waals surface area (Å²) in [5.41, 5.74) is 0.928. The third kappa shape index (κ3) is 6.14. The first-order valence-electron chi connectivity index (χ1n) is 7.88. The highest BCUT2D eigenvalue weighted by atomic mass is 35.5. The predicted molar refractivity (Wildman–Crippen MR) is 109 cm³/mol. The van der Waals surface area contributed by atoms with Crippen LogP contribution in [0.25, 0.3) is 0 Å². The van der Waals surface area contributed by atoms with E-state index in [-0.39, 0.29) is 11.0 Å². The van der Waals surface area contributed by atoms with Crippen molar-refractivity contribution in [2.24, 2.45) is 0 Å². The van der Waals surface area contributed by atoms with Crippen LogP contribution in [0.4, 0.5) is 5.69 Å². The van der Waals surface area contributed by atoms with Gasteiger partial charge in [-0.2, -0.15) is 0 Å². The number of carbonyl (C=O) groups excluding carboxylic acids is 1. The highest BCUT2D eigenvalue weighted by Crippen LogP contribution is 2.29. The molecule has 2 aromatic rings. The molecule has 0 saturated carbocycles. The lowest BCUT2D eigenvalue weighted by Crippen LogP contribution is -2.34. The highest BCUT2D eigenvalue weighted by molar-refractivity contribution is 7.80. The van der Waals surface area contributed by atoms with Gasteiger partial charge in [0.25, 0.3) is 5.91 Å². The monoisotopic (exact) mass is 412 g/mol. The second-order valence-electron chi connectivity index (χ2n) is 5.08. The van der Waals surface area contributed by atoms with Gasteiger partial charge in [0.2, 0.25) is 0 Å². The summed E-state index contributed by atoms with van der Waals surface area (Å²) in [6, 6.07) is 11.9. The summed E-state index contributed by atoms with van der Waals surface area (Å²) in [7, 11) is 0. The molecule has 1 amide bonds. The molecule has 138 valence electrons. The zero-order valence-electron chi connectivity index (χ0n) is 14.1. The number of benzene rings is 2. The molecule has 26 heavy (non-hydrogen) atoms. The van der Waals surface area contributed by atoms with Crippen LogP contribution in [0, 0.1) is 0 Å². The Morgan fingerprint density at radius 2 is 1.92 bits per heavy atom. The van der Waals surface area contributed by atoms with E-state index in [2.05, 4.69) is 10.6 Å². The van der Waals surface area contributed by atoms with Crippen LogP contribution in [0.1, 0.15) is 17.3 Å². The number of hydrogen-bond donors (Lipinski definition) is 2. The van der Waals surface area contributed by atoms with E-state index >= 15 is 0 Å². The fourth-order valence-corrected chi connectivity index (χ4v) is 2.57. The molecule has 0 aliphatic heterocycles. The van der Waals surface area contributed by atoms with Gasteiger partial charge >= 0.3 is 0 Å². The SMILES string of the molecule is CCOCCOc1cccc(C(=O)NC(=S)Nc2cccc(Cl)c2Cl)c1. The van der Waals surface area contributed by atoms with E-state index in [1.165, 1.54) is 0 Å². The van der Waals surface area contributed by atoms with Gasteiger partial charge in [-0.1, -0.05) is 35.3 Å². The molecule has 2 aromatic carbocycles. The second-order valence-corrected chi connectivity index (χ2v) is 6.28. The lowest BCUT2D eigenvalue weighted by atomic mass is 10.2. The first kappa shape index (κ1) is 20.5. The third-order valence-corrected chi connectivity index (χ3v) is 4.25. The van der Waals surface area contributed by atoms with Crippen molar-refractivity contribution in [3.8, 4) is 5.75 Å². The minimum atomic E-state index is -0.365. The Kier molecular flexibility index (Phi) is 8.12. The summed E-state index contributed by atoms with van der Waals surface area (Å²) in [6.45, 7) is 3.44. The molecular weight excluding hydrogens is 395 g/mol. The molecule has 2 N–H and O–H groups in total. The topological polar surface area (TPSA) is 59.6 Å². The fourth-order valence-electron chi connectivity index (χ4n) is 2.02. The Labute approximate surface area is 167 Å². The molecule has 5 nitrogen and oxygen atoms in total. The van der Waals surface area contributed by atoms with Crippen molar-refractivity contribution in [1.29, 1.82) is 0 Å². The average molecular weight is 413 g/mol. The van der Waals surface area contributed by atoms with Crippen LogP contribution in [0.3, 0.4) is 0 Å². The molecule has 0 heterocycles. The first-order valence-corrected chi connectivity index (χ1v) is 9.04. The fraction of sp³-hybridized carbons (Fsp3) is 0.222. The number of ether oxygens (including phenoxy) is 2. The molecule has 8 heteroatoms. The standard InChI is InChI=1S/C18H18Cl2N2O3S/c1-2-24-9-10-25-13-6-3-5-12(11-13)17(23)22-18(26)21-15-8-4-7-14(19)16(15)20/h3-8,11H,2,9-10H2,1H3,(H2,21,22,23,26). The molecule has 0 aliphatic rings. The summed E-state index contributed by atoms with van der Waals surface area (Å²) >= 11 is 17.2. The lowest BCUT2D eigenvalue weighted by Gasteiger charge is -2.12. The summed E-state index contributed by atoms with van der Waals surface area (Å²) < 4.78 is 10.8. The third-order valence-electron chi connectivity index (χ3n) is 3.22. The summed E-state index contributed by atoms with van der Waals surface area (Å²) in [4.78, 5) is 12.3. The van der Waals surface area contributed by atoms with Gasteiger partial charge in [-0.25, -0.2) is 0 Å². The van der Waals surface area contributed by atoms with E-state index in [1.54, 1.807) is 42.5 Å². The van der Waals surface area contributed by atoms with Crippen molar-refractivity contribution in [2.75, 3.05) is 25.1 Å². The zero-order chi connectivity index (χ0) is 18.9. The number of nitrogens with one attached hydrogen (secondary N) is 2. The van der Waals surface area contributed by atoms with E-state index in [1.807, 2.05) is 6.92 Å². The molecular formula is C18H18Cl2N2O3S. The van der Waals surface area contributed by atoms with Crippen LogP contribution < -0.4 is 15.4 Å². The molecule has 0 radical (unpaired) electrons. The van der Waals surface area contributed by atoms with Gasteiger partial charge in [-0.3, -0.25) is 10.1 Å². The normalized spacial score (nSPS) is 10.3. The van der Waals surface area contributed by atoms with Crippen molar-refractivity contribution in [1.82, 2.24) is 5.32 Å². The Balaban J connectivity index is 1.94. The molecule has 0 saturated heterocycles. The van der Waals surface area contributed by atoms with Crippen molar-refractivity contribution in [2.45, 2.75) is 6.92 Å². The van der Waals surface area contributed by atoms with Gasteiger partial charge in [-0.05, 0) is 49.5 Å². The van der Waals surface area contributed by atoms with Gasteiger partial charge in [0, 0.05) is 12.2 Å². The number of anilines is 1. The molecule has 0 aliphatic carbocycles. The van der Waals surface area contributed by atoms with E-state index in [9.17, 15) is 4.79 Å². The van der Waals surface area contributed by atoms with Crippen molar-refractivity contribution >= 4 is 52.1 Å². The zero-order valence-corrected chi connectivity index (χ0v) is 16.4. The van der Waals surface area contributed by atoms with Gasteiger partial charge in [0.15, 0.2) is 5.11 Å². The van der Waals surface area contributed by atoms with Gasteiger partial charge < -0.3 is 14.8 Å². The molecule has 0 atom stereocenters. The van der Waals surface area contributed by atoms with Crippen LogP contribution >= 0.6 is 35.4 Å². The Bertz CT molecular complexity index is 787. The van der Waals surface area contributed by atoms with Crippen LogP contribution in [0.2, 0.25) is 10.0 Å². The van der Waals surface area contributed by atoms with Gasteiger partial charge in [0.05, 0.1) is 22.3 Å². The largest absolute Gasteiger partial charge is 0.491 e. The molecule has 0 unspecified atom stereocenters. The maximum absolute atomic E-state index is 12.3. The first-order chi connectivity index (χ1) is 12.5. The molecule has 0 spiro atoms. The van der Waals surface area contributed by atoms with Crippen LogP contribution in [-0.4, -0.2) is 30.8 Å². The molecule has 0 aromatic heterocycles. The van der Waals surface area contributed by atoms with Crippen LogP contribution in [-0.2, 0) is 4.74 Å². The number of hydrogen-bond acceptors (Lipinski definition) is 4. The predicted octanol–water partition coefficient (Wildman–Crippen LogP) is 4.54. The van der Waals surface area contributed by atoms with Gasteiger partial charge in [-0.15, -0.1) is 0 Å². The highest BCUT2D eigenvalue weighted by Gasteiger charge is 2.11. The summed E-state index contributed by atoms with van der Waals surface area (Å²) in [5, 5.41) is 6.28. The number of halogens is 2. The minimum Gasteiger partial charge on any atom is -0.491 e. The maximum Gasteiger partial charge on any atom is 0.257 e. The second kappa shape index (κ2) is 10.3.